The molecular formula is C12H24O2. The first-order valence-corrected chi connectivity index (χ1v) is 5.24. The van der Waals surface area contributed by atoms with Crippen LogP contribution < -0.4 is 0 Å². The second kappa shape index (κ2) is 4.43. The van der Waals surface area contributed by atoms with Gasteiger partial charge in [0.05, 0.1) is 11.2 Å². The molecule has 0 amide bonds. The molecule has 0 aliphatic carbocycles. The molecule has 84 valence electrons. The molecule has 0 fully saturated rings. The van der Waals surface area contributed by atoms with Gasteiger partial charge in [-0.1, -0.05) is 6.92 Å². The standard InChI is InChI=1S/C12H24O2/c1-9(8-10(2)13)12(6,7)14-11(3,4)5/h9H,8H2,1-7H3. The fourth-order valence-electron chi connectivity index (χ4n) is 1.57. The maximum Gasteiger partial charge on any atom is 0.130 e. The highest BCUT2D eigenvalue weighted by Gasteiger charge is 2.31. The lowest BCUT2D eigenvalue weighted by atomic mass is 9.87. The van der Waals surface area contributed by atoms with Gasteiger partial charge in [0.2, 0.25) is 0 Å². The third-order valence-corrected chi connectivity index (χ3v) is 2.35. The Bertz CT molecular complexity index is 199. The van der Waals surface area contributed by atoms with E-state index in [9.17, 15) is 4.79 Å². The first kappa shape index (κ1) is 13.6. The summed E-state index contributed by atoms with van der Waals surface area (Å²) < 4.78 is 5.94. The minimum Gasteiger partial charge on any atom is -0.370 e. The number of ether oxygens (including phenoxy) is 1. The molecule has 0 aromatic heterocycles. The maximum absolute atomic E-state index is 11.0. The van der Waals surface area contributed by atoms with Crippen LogP contribution in [0.15, 0.2) is 0 Å². The molecule has 0 rings (SSSR count). The van der Waals surface area contributed by atoms with Crippen LogP contribution in [0.5, 0.6) is 0 Å². The zero-order valence-corrected chi connectivity index (χ0v) is 10.6. The molecule has 1 atom stereocenters. The number of carbonyl (C=O) groups excluding carboxylic acids is 1. The van der Waals surface area contributed by atoms with Gasteiger partial charge in [0.25, 0.3) is 0 Å². The predicted octanol–water partition coefficient (Wildman–Crippen LogP) is 3.20. The molecule has 0 N–H and O–H groups in total. The van der Waals surface area contributed by atoms with Gasteiger partial charge >= 0.3 is 0 Å². The average Bonchev–Trinajstić information content (AvgIpc) is 1.78. The smallest absolute Gasteiger partial charge is 0.130 e. The van der Waals surface area contributed by atoms with E-state index in [4.69, 9.17) is 4.74 Å². The summed E-state index contributed by atoms with van der Waals surface area (Å²) in [6.45, 7) is 13.9. The summed E-state index contributed by atoms with van der Waals surface area (Å²) >= 11 is 0. The van der Waals surface area contributed by atoms with E-state index in [2.05, 4.69) is 6.92 Å². The first-order chi connectivity index (χ1) is 6.04. The van der Waals surface area contributed by atoms with E-state index >= 15 is 0 Å². The zero-order valence-electron chi connectivity index (χ0n) is 10.6. The van der Waals surface area contributed by atoms with Crippen LogP contribution >= 0.6 is 0 Å². The molecule has 14 heavy (non-hydrogen) atoms. The summed E-state index contributed by atoms with van der Waals surface area (Å²) in [5.74, 6) is 0.474. The fourth-order valence-corrected chi connectivity index (χ4v) is 1.57. The van der Waals surface area contributed by atoms with Gasteiger partial charge in [0.15, 0.2) is 0 Å². The zero-order chi connectivity index (χ0) is 11.6. The Morgan fingerprint density at radius 3 is 1.93 bits per heavy atom. The predicted molar refractivity (Wildman–Crippen MR) is 59.4 cm³/mol. The molecule has 1 unspecified atom stereocenters. The van der Waals surface area contributed by atoms with Crippen molar-refractivity contribution in [2.75, 3.05) is 0 Å². The Morgan fingerprint density at radius 2 is 1.64 bits per heavy atom. The van der Waals surface area contributed by atoms with Crippen LogP contribution in [0.3, 0.4) is 0 Å². The fraction of sp³-hybridized carbons (Fsp3) is 0.917. The summed E-state index contributed by atoms with van der Waals surface area (Å²) in [5.41, 5.74) is -0.404. The lowest BCUT2D eigenvalue weighted by molar-refractivity contribution is -0.144. The van der Waals surface area contributed by atoms with Crippen molar-refractivity contribution in [2.24, 2.45) is 5.92 Å². The molecule has 0 heterocycles. The van der Waals surface area contributed by atoms with Crippen molar-refractivity contribution in [2.45, 2.75) is 66.1 Å². The minimum atomic E-state index is -0.246. The van der Waals surface area contributed by atoms with Gasteiger partial charge < -0.3 is 9.53 Å². The molecule has 0 aromatic rings. The normalized spacial score (nSPS) is 15.4. The van der Waals surface area contributed by atoms with Crippen molar-refractivity contribution in [3.63, 3.8) is 0 Å². The van der Waals surface area contributed by atoms with Crippen LogP contribution in [-0.4, -0.2) is 17.0 Å². The van der Waals surface area contributed by atoms with E-state index in [1.165, 1.54) is 0 Å². The summed E-state index contributed by atoms with van der Waals surface area (Å²) in [6, 6.07) is 0. The molecule has 0 saturated heterocycles. The largest absolute Gasteiger partial charge is 0.370 e. The van der Waals surface area contributed by atoms with Gasteiger partial charge in [-0.2, -0.15) is 0 Å². The highest BCUT2D eigenvalue weighted by molar-refractivity contribution is 5.75. The van der Waals surface area contributed by atoms with Gasteiger partial charge in [0, 0.05) is 6.42 Å². The number of Topliss-reactive ketones (excluding diaryl/α,β-unsaturated/α-hetero) is 1. The molecule has 0 saturated carbocycles. The topological polar surface area (TPSA) is 26.3 Å². The molecule has 0 bridgehead atoms. The average molecular weight is 200 g/mol. The monoisotopic (exact) mass is 200 g/mol. The van der Waals surface area contributed by atoms with Crippen LogP contribution in [0.2, 0.25) is 0 Å². The summed E-state index contributed by atoms with van der Waals surface area (Å²) in [6.07, 6.45) is 0.586. The minimum absolute atomic E-state index is 0.158. The van der Waals surface area contributed by atoms with E-state index in [0.29, 0.717) is 6.42 Å². The van der Waals surface area contributed by atoms with Crippen molar-refractivity contribution in [3.05, 3.63) is 0 Å². The molecule has 0 radical (unpaired) electrons. The van der Waals surface area contributed by atoms with E-state index < -0.39 is 0 Å². The second-order valence-corrected chi connectivity index (χ2v) is 5.63. The van der Waals surface area contributed by atoms with Gasteiger partial charge in [-0.15, -0.1) is 0 Å². The quantitative estimate of drug-likeness (QED) is 0.696. The summed E-state index contributed by atoms with van der Waals surface area (Å²) in [5, 5.41) is 0. The van der Waals surface area contributed by atoms with Gasteiger partial charge in [-0.05, 0) is 47.5 Å². The molecular weight excluding hydrogens is 176 g/mol. The second-order valence-electron chi connectivity index (χ2n) is 5.63. The van der Waals surface area contributed by atoms with Crippen LogP contribution in [0, 0.1) is 5.92 Å². The van der Waals surface area contributed by atoms with Crippen molar-refractivity contribution in [3.8, 4) is 0 Å². The Morgan fingerprint density at radius 1 is 1.21 bits per heavy atom. The van der Waals surface area contributed by atoms with Gasteiger partial charge in [-0.3, -0.25) is 0 Å². The molecule has 2 nitrogen and oxygen atoms in total. The Labute approximate surface area is 88.0 Å². The van der Waals surface area contributed by atoms with Crippen LogP contribution in [0.1, 0.15) is 54.9 Å². The lowest BCUT2D eigenvalue weighted by Gasteiger charge is -2.38. The van der Waals surface area contributed by atoms with Crippen LogP contribution in [-0.2, 0) is 9.53 Å². The van der Waals surface area contributed by atoms with Crippen molar-refractivity contribution < 1.29 is 9.53 Å². The first-order valence-electron chi connectivity index (χ1n) is 5.24. The Kier molecular flexibility index (Phi) is 4.32. The number of rotatable bonds is 4. The number of carbonyl (C=O) groups is 1. The van der Waals surface area contributed by atoms with Crippen molar-refractivity contribution in [1.82, 2.24) is 0 Å². The molecule has 0 aliphatic heterocycles. The van der Waals surface area contributed by atoms with E-state index in [0.717, 1.165) is 0 Å². The third kappa shape index (κ3) is 5.38. The van der Waals surface area contributed by atoms with Gasteiger partial charge in [0.1, 0.15) is 5.78 Å². The highest BCUT2D eigenvalue weighted by Crippen LogP contribution is 2.29. The Balaban J connectivity index is 4.37. The molecule has 2 heteroatoms. The molecule has 0 aliphatic rings. The summed E-state index contributed by atoms with van der Waals surface area (Å²) in [7, 11) is 0. The van der Waals surface area contributed by atoms with Crippen LogP contribution in [0.4, 0.5) is 0 Å². The van der Waals surface area contributed by atoms with Crippen molar-refractivity contribution in [1.29, 1.82) is 0 Å². The summed E-state index contributed by atoms with van der Waals surface area (Å²) in [4.78, 5) is 11.0. The number of hydrogen-bond donors (Lipinski definition) is 0. The molecule has 0 spiro atoms. The maximum atomic E-state index is 11.0. The Hall–Kier alpha value is -0.370. The van der Waals surface area contributed by atoms with Crippen molar-refractivity contribution >= 4 is 5.78 Å². The van der Waals surface area contributed by atoms with Crippen LogP contribution in [0.25, 0.3) is 0 Å². The van der Waals surface area contributed by atoms with Gasteiger partial charge in [-0.25, -0.2) is 0 Å². The number of hydrogen-bond acceptors (Lipinski definition) is 2. The lowest BCUT2D eigenvalue weighted by Crippen LogP contribution is -2.40. The van der Waals surface area contributed by atoms with E-state index in [-0.39, 0.29) is 22.9 Å². The van der Waals surface area contributed by atoms with E-state index in [1.807, 2.05) is 34.6 Å². The van der Waals surface area contributed by atoms with E-state index in [1.54, 1.807) is 6.92 Å². The number of ketones is 1. The highest BCUT2D eigenvalue weighted by atomic mass is 16.5. The molecule has 0 aromatic carbocycles. The SMILES string of the molecule is CC(=O)CC(C)C(C)(C)OC(C)(C)C. The third-order valence-electron chi connectivity index (χ3n) is 2.35.